The van der Waals surface area contributed by atoms with Gasteiger partial charge in [0, 0.05) is 13.2 Å². The van der Waals surface area contributed by atoms with Crippen LogP contribution < -0.4 is 5.46 Å². The molecule has 2 nitrogen and oxygen atoms in total. The molecule has 0 N–H and O–H groups in total. The van der Waals surface area contributed by atoms with Gasteiger partial charge in [-0.1, -0.05) is 31.2 Å². The fourth-order valence-corrected chi connectivity index (χ4v) is 1.59. The van der Waals surface area contributed by atoms with Crippen LogP contribution in [0.5, 0.6) is 0 Å². The molecule has 1 heterocycles. The summed E-state index contributed by atoms with van der Waals surface area (Å²) in [5.41, 5.74) is 2.48. The maximum atomic E-state index is 5.52. The molecule has 0 amide bonds. The fourth-order valence-electron chi connectivity index (χ4n) is 1.59. The molecule has 2 rings (SSSR count). The summed E-state index contributed by atoms with van der Waals surface area (Å²) in [6.45, 7) is 3.77. The van der Waals surface area contributed by atoms with E-state index in [2.05, 4.69) is 31.2 Å². The molecule has 0 spiro atoms. The summed E-state index contributed by atoms with van der Waals surface area (Å²) in [5.74, 6) is 0. The van der Waals surface area contributed by atoms with Crippen LogP contribution >= 0.6 is 0 Å². The van der Waals surface area contributed by atoms with Gasteiger partial charge < -0.3 is 9.31 Å². The van der Waals surface area contributed by atoms with Crippen molar-refractivity contribution < 1.29 is 9.31 Å². The molecule has 0 unspecified atom stereocenters. The average Bonchev–Trinajstić information content (AvgIpc) is 2.30. The molecule has 1 aliphatic rings. The predicted octanol–water partition coefficient (Wildman–Crippen LogP) is 1.38. The van der Waals surface area contributed by atoms with E-state index in [1.54, 1.807) is 0 Å². The van der Waals surface area contributed by atoms with Gasteiger partial charge >= 0.3 is 7.12 Å². The van der Waals surface area contributed by atoms with E-state index < -0.39 is 0 Å². The summed E-state index contributed by atoms with van der Waals surface area (Å²) in [7, 11) is -0.144. The van der Waals surface area contributed by atoms with Gasteiger partial charge in [-0.3, -0.25) is 0 Å². The van der Waals surface area contributed by atoms with Gasteiger partial charge in [0.15, 0.2) is 0 Å². The molecule has 0 atom stereocenters. The largest absolute Gasteiger partial charge is 0.493 e. The van der Waals surface area contributed by atoms with E-state index >= 15 is 0 Å². The Kier molecular flexibility index (Phi) is 3.22. The molecule has 1 aliphatic heterocycles. The number of rotatable bonds is 2. The summed E-state index contributed by atoms with van der Waals surface area (Å²) in [6, 6.07) is 8.46. The Morgan fingerprint density at radius 1 is 1.14 bits per heavy atom. The molecule has 0 bridgehead atoms. The van der Waals surface area contributed by atoms with Crippen molar-refractivity contribution in [2.45, 2.75) is 19.8 Å². The van der Waals surface area contributed by atoms with E-state index in [1.807, 2.05) is 0 Å². The summed E-state index contributed by atoms with van der Waals surface area (Å²) >= 11 is 0. The first-order valence-corrected chi connectivity index (χ1v) is 5.22. The molecule has 1 fully saturated rings. The first-order chi connectivity index (χ1) is 6.90. The zero-order valence-electron chi connectivity index (χ0n) is 8.53. The number of hydrogen-bond donors (Lipinski definition) is 0. The van der Waals surface area contributed by atoms with Gasteiger partial charge in [0.25, 0.3) is 0 Å². The molecule has 0 aliphatic carbocycles. The van der Waals surface area contributed by atoms with Crippen molar-refractivity contribution in [2.24, 2.45) is 0 Å². The summed E-state index contributed by atoms with van der Waals surface area (Å²) in [6.07, 6.45) is 2.08. The molecule has 14 heavy (non-hydrogen) atoms. The van der Waals surface area contributed by atoms with Gasteiger partial charge in [-0.15, -0.1) is 0 Å². The van der Waals surface area contributed by atoms with E-state index in [-0.39, 0.29) is 7.12 Å². The second kappa shape index (κ2) is 4.62. The van der Waals surface area contributed by atoms with Crippen molar-refractivity contribution in [3.05, 3.63) is 29.8 Å². The maximum Gasteiger partial charge on any atom is 0.493 e. The quantitative estimate of drug-likeness (QED) is 0.656. The van der Waals surface area contributed by atoms with Gasteiger partial charge in [-0.05, 0) is 23.9 Å². The van der Waals surface area contributed by atoms with Crippen molar-refractivity contribution >= 4 is 12.6 Å². The van der Waals surface area contributed by atoms with Crippen LogP contribution in [0, 0.1) is 0 Å². The summed E-state index contributed by atoms with van der Waals surface area (Å²) in [5, 5.41) is 0. The first kappa shape index (κ1) is 9.75. The molecular weight excluding hydrogens is 175 g/mol. The monoisotopic (exact) mass is 190 g/mol. The molecule has 0 radical (unpaired) electrons. The number of benzene rings is 1. The molecule has 0 saturated carbocycles. The zero-order valence-corrected chi connectivity index (χ0v) is 8.53. The highest BCUT2D eigenvalue weighted by molar-refractivity contribution is 6.61. The lowest BCUT2D eigenvalue weighted by atomic mass is 9.77. The molecule has 74 valence electrons. The van der Waals surface area contributed by atoms with Crippen LogP contribution in [0.4, 0.5) is 0 Å². The third-order valence-electron chi connectivity index (χ3n) is 2.49. The van der Waals surface area contributed by atoms with Crippen LogP contribution in [0.15, 0.2) is 24.3 Å². The highest BCUT2D eigenvalue weighted by Gasteiger charge is 2.23. The van der Waals surface area contributed by atoms with Gasteiger partial charge in [-0.25, -0.2) is 0 Å². The van der Waals surface area contributed by atoms with Crippen LogP contribution in [0.25, 0.3) is 0 Å². The Morgan fingerprint density at radius 2 is 1.79 bits per heavy atom. The Hall–Kier alpha value is -0.795. The minimum atomic E-state index is -0.144. The Morgan fingerprint density at radius 3 is 2.36 bits per heavy atom. The first-order valence-electron chi connectivity index (χ1n) is 5.22. The Labute approximate surface area is 85.4 Å². The van der Waals surface area contributed by atoms with Crippen molar-refractivity contribution in [1.29, 1.82) is 0 Å². The van der Waals surface area contributed by atoms with Crippen molar-refractivity contribution in [3.63, 3.8) is 0 Å². The second-order valence-electron chi connectivity index (χ2n) is 3.52. The standard InChI is InChI=1S/C11H15BO2/c1-2-10-4-6-11(7-5-10)12-13-8-3-9-14-12/h4-7H,2-3,8-9H2,1H3. The van der Waals surface area contributed by atoms with Gasteiger partial charge in [0.1, 0.15) is 0 Å². The Balaban J connectivity index is 2.07. The van der Waals surface area contributed by atoms with Gasteiger partial charge in [0.2, 0.25) is 0 Å². The molecular formula is C11H15BO2. The predicted molar refractivity (Wildman–Crippen MR) is 57.7 cm³/mol. The number of hydrogen-bond acceptors (Lipinski definition) is 2. The normalized spacial score (nSPS) is 17.1. The van der Waals surface area contributed by atoms with E-state index in [4.69, 9.17) is 9.31 Å². The van der Waals surface area contributed by atoms with Gasteiger partial charge in [-0.2, -0.15) is 0 Å². The average molecular weight is 190 g/mol. The van der Waals surface area contributed by atoms with Crippen molar-refractivity contribution in [1.82, 2.24) is 0 Å². The molecule has 0 aromatic heterocycles. The SMILES string of the molecule is CCc1ccc(B2OCCCO2)cc1. The number of aryl methyl sites for hydroxylation is 1. The van der Waals surface area contributed by atoms with E-state index in [0.717, 1.165) is 31.5 Å². The van der Waals surface area contributed by atoms with Gasteiger partial charge in [0.05, 0.1) is 0 Å². The van der Waals surface area contributed by atoms with E-state index in [1.165, 1.54) is 5.56 Å². The van der Waals surface area contributed by atoms with Crippen LogP contribution in [-0.4, -0.2) is 20.3 Å². The maximum absolute atomic E-state index is 5.52. The lowest BCUT2D eigenvalue weighted by molar-refractivity contribution is 0.143. The smallest absolute Gasteiger partial charge is 0.407 e. The van der Waals surface area contributed by atoms with E-state index in [9.17, 15) is 0 Å². The minimum Gasteiger partial charge on any atom is -0.407 e. The minimum absolute atomic E-state index is 0.144. The lowest BCUT2D eigenvalue weighted by Crippen LogP contribution is -2.40. The topological polar surface area (TPSA) is 18.5 Å². The third kappa shape index (κ3) is 2.17. The molecule has 3 heteroatoms. The lowest BCUT2D eigenvalue weighted by Gasteiger charge is -2.19. The molecule has 1 aromatic rings. The second-order valence-corrected chi connectivity index (χ2v) is 3.52. The van der Waals surface area contributed by atoms with Crippen molar-refractivity contribution in [2.75, 3.05) is 13.2 Å². The Bertz CT molecular complexity index is 278. The summed E-state index contributed by atoms with van der Waals surface area (Å²) < 4.78 is 11.0. The fraction of sp³-hybridized carbons (Fsp3) is 0.455. The van der Waals surface area contributed by atoms with Crippen molar-refractivity contribution in [3.8, 4) is 0 Å². The van der Waals surface area contributed by atoms with E-state index in [0.29, 0.717) is 0 Å². The van der Waals surface area contributed by atoms with Crippen LogP contribution in [0.1, 0.15) is 18.9 Å². The van der Waals surface area contributed by atoms with Crippen LogP contribution in [0.2, 0.25) is 0 Å². The molecule has 1 aromatic carbocycles. The highest BCUT2D eigenvalue weighted by Crippen LogP contribution is 2.04. The zero-order chi connectivity index (χ0) is 9.80. The molecule has 1 saturated heterocycles. The van der Waals surface area contributed by atoms with Crippen LogP contribution in [0.3, 0.4) is 0 Å². The summed E-state index contributed by atoms with van der Waals surface area (Å²) in [4.78, 5) is 0. The highest BCUT2D eigenvalue weighted by atomic mass is 16.6. The third-order valence-corrected chi connectivity index (χ3v) is 2.49. The van der Waals surface area contributed by atoms with Crippen LogP contribution in [-0.2, 0) is 15.7 Å².